The molecule has 8 heteroatoms. The summed E-state index contributed by atoms with van der Waals surface area (Å²) in [5.41, 5.74) is -0.860. The summed E-state index contributed by atoms with van der Waals surface area (Å²) in [6, 6.07) is 6.80. The van der Waals surface area contributed by atoms with Crippen LogP contribution in [0.4, 0.5) is 18.0 Å². The molecule has 26 heavy (non-hydrogen) atoms. The molecule has 2 aliphatic rings. The molecule has 3 atom stereocenters. The summed E-state index contributed by atoms with van der Waals surface area (Å²) in [6.45, 7) is -0.241. The van der Waals surface area contributed by atoms with Gasteiger partial charge in [0.15, 0.2) is 0 Å². The van der Waals surface area contributed by atoms with Gasteiger partial charge in [-0.3, -0.25) is 4.79 Å². The average molecular weight is 370 g/mol. The van der Waals surface area contributed by atoms with E-state index in [2.05, 4.69) is 5.32 Å². The van der Waals surface area contributed by atoms with E-state index in [0.29, 0.717) is 6.42 Å². The molecule has 1 heterocycles. The molecule has 1 aliphatic carbocycles. The van der Waals surface area contributed by atoms with Gasteiger partial charge >= 0.3 is 18.2 Å². The van der Waals surface area contributed by atoms with E-state index in [1.54, 1.807) is 6.07 Å². The van der Waals surface area contributed by atoms with Gasteiger partial charge in [0.2, 0.25) is 0 Å². The van der Waals surface area contributed by atoms with Crippen molar-refractivity contribution in [2.75, 3.05) is 19.6 Å². The molecule has 0 bridgehead atoms. The van der Waals surface area contributed by atoms with Crippen LogP contribution in [0.25, 0.3) is 0 Å². The van der Waals surface area contributed by atoms with Crippen LogP contribution in [0.2, 0.25) is 0 Å². The summed E-state index contributed by atoms with van der Waals surface area (Å²) >= 11 is 0. The van der Waals surface area contributed by atoms with E-state index in [9.17, 15) is 27.9 Å². The SMILES string of the molecule is O=C(NCC(c1ccccc1)C(F)(F)F)N1C[C@@H]2CCC[C@@]2(C(=O)O)C1. The number of likely N-dealkylation sites (tertiary alicyclic amines) is 1. The molecule has 5 nitrogen and oxygen atoms in total. The summed E-state index contributed by atoms with van der Waals surface area (Å²) in [4.78, 5) is 25.4. The number of carbonyl (C=O) groups excluding carboxylic acids is 1. The summed E-state index contributed by atoms with van der Waals surface area (Å²) < 4.78 is 40.0. The van der Waals surface area contributed by atoms with E-state index in [4.69, 9.17) is 0 Å². The van der Waals surface area contributed by atoms with Gasteiger partial charge < -0.3 is 15.3 Å². The Morgan fingerprint density at radius 3 is 2.58 bits per heavy atom. The fraction of sp³-hybridized carbons (Fsp3) is 0.556. The fourth-order valence-electron chi connectivity index (χ4n) is 4.20. The van der Waals surface area contributed by atoms with Crippen LogP contribution in [-0.2, 0) is 4.79 Å². The van der Waals surface area contributed by atoms with Crippen LogP contribution in [0.5, 0.6) is 0 Å². The molecule has 1 aromatic carbocycles. The monoisotopic (exact) mass is 370 g/mol. The standard InChI is InChI=1S/C18H21F3N2O3/c19-18(20,21)14(12-5-2-1-3-6-12)9-22-16(26)23-10-13-7-4-8-17(13,11-23)15(24)25/h1-3,5-6,13-14H,4,7-11H2,(H,22,26)(H,24,25)/t13-,14?,17+/m0/s1. The Labute approximate surface area is 149 Å². The van der Waals surface area contributed by atoms with Gasteiger partial charge in [0.25, 0.3) is 0 Å². The van der Waals surface area contributed by atoms with Gasteiger partial charge in [-0.15, -0.1) is 0 Å². The zero-order valence-electron chi connectivity index (χ0n) is 14.1. The lowest BCUT2D eigenvalue weighted by molar-refractivity contribution is -0.149. The number of carbonyl (C=O) groups is 2. The minimum atomic E-state index is -4.49. The zero-order chi connectivity index (χ0) is 18.9. The largest absolute Gasteiger partial charge is 0.481 e. The van der Waals surface area contributed by atoms with Gasteiger partial charge in [-0.25, -0.2) is 4.79 Å². The molecule has 2 fully saturated rings. The van der Waals surface area contributed by atoms with Gasteiger partial charge in [-0.2, -0.15) is 13.2 Å². The Morgan fingerprint density at radius 2 is 2.00 bits per heavy atom. The van der Waals surface area contributed by atoms with Crippen molar-refractivity contribution in [1.82, 2.24) is 10.2 Å². The third-order valence-corrected chi connectivity index (χ3v) is 5.64. The molecule has 2 amide bonds. The van der Waals surface area contributed by atoms with E-state index in [0.717, 1.165) is 12.8 Å². The first-order chi connectivity index (χ1) is 12.2. The topological polar surface area (TPSA) is 69.6 Å². The molecule has 0 aromatic heterocycles. The number of alkyl halides is 3. The first-order valence-corrected chi connectivity index (χ1v) is 8.62. The minimum absolute atomic E-state index is 0.0564. The molecule has 1 saturated carbocycles. The number of fused-ring (bicyclic) bond motifs is 1. The average Bonchev–Trinajstić information content (AvgIpc) is 3.13. The lowest BCUT2D eigenvalue weighted by atomic mass is 9.81. The van der Waals surface area contributed by atoms with E-state index < -0.39 is 36.1 Å². The van der Waals surface area contributed by atoms with Crippen molar-refractivity contribution in [3.05, 3.63) is 35.9 Å². The van der Waals surface area contributed by atoms with Crippen molar-refractivity contribution in [3.8, 4) is 0 Å². The number of aliphatic carboxylic acids is 1. The highest BCUT2D eigenvalue weighted by molar-refractivity contribution is 5.80. The maximum atomic E-state index is 13.3. The minimum Gasteiger partial charge on any atom is -0.481 e. The number of rotatable bonds is 4. The highest BCUT2D eigenvalue weighted by Gasteiger charge is 2.56. The number of amides is 2. The highest BCUT2D eigenvalue weighted by Crippen LogP contribution is 2.48. The van der Waals surface area contributed by atoms with Crippen LogP contribution in [0, 0.1) is 11.3 Å². The van der Waals surface area contributed by atoms with E-state index >= 15 is 0 Å². The molecule has 1 saturated heterocycles. The summed E-state index contributed by atoms with van der Waals surface area (Å²) in [7, 11) is 0. The van der Waals surface area contributed by atoms with Gasteiger partial charge in [-0.1, -0.05) is 36.8 Å². The number of carboxylic acids is 1. The van der Waals surface area contributed by atoms with Gasteiger partial charge in [0.1, 0.15) is 0 Å². The number of hydrogen-bond donors (Lipinski definition) is 2. The molecular weight excluding hydrogens is 349 g/mol. The van der Waals surface area contributed by atoms with Gasteiger partial charge in [-0.05, 0) is 24.3 Å². The molecule has 1 aliphatic heterocycles. The Hall–Kier alpha value is -2.25. The Bertz CT molecular complexity index is 680. The van der Waals surface area contributed by atoms with Crippen LogP contribution in [0.15, 0.2) is 30.3 Å². The van der Waals surface area contributed by atoms with Crippen LogP contribution >= 0.6 is 0 Å². The fourth-order valence-corrected chi connectivity index (χ4v) is 4.20. The molecule has 0 spiro atoms. The van der Waals surface area contributed by atoms with Crippen LogP contribution < -0.4 is 5.32 Å². The Morgan fingerprint density at radius 1 is 1.31 bits per heavy atom. The van der Waals surface area contributed by atoms with Crippen molar-refractivity contribution in [1.29, 1.82) is 0 Å². The van der Waals surface area contributed by atoms with Crippen molar-refractivity contribution in [3.63, 3.8) is 0 Å². The Kier molecular flexibility index (Phi) is 4.86. The summed E-state index contributed by atoms with van der Waals surface area (Å²) in [5.74, 6) is -2.85. The first-order valence-electron chi connectivity index (χ1n) is 8.62. The Balaban J connectivity index is 1.66. The van der Waals surface area contributed by atoms with Crippen LogP contribution in [-0.4, -0.2) is 47.8 Å². The van der Waals surface area contributed by atoms with Crippen molar-refractivity contribution in [2.45, 2.75) is 31.4 Å². The van der Waals surface area contributed by atoms with Gasteiger partial charge in [0, 0.05) is 19.6 Å². The zero-order valence-corrected chi connectivity index (χ0v) is 14.1. The third kappa shape index (κ3) is 3.37. The van der Waals surface area contributed by atoms with Crippen LogP contribution in [0.1, 0.15) is 30.7 Å². The second-order valence-corrected chi connectivity index (χ2v) is 7.12. The normalized spacial score (nSPS) is 26.4. The third-order valence-electron chi connectivity index (χ3n) is 5.64. The number of halogens is 3. The quantitative estimate of drug-likeness (QED) is 0.855. The predicted octanol–water partition coefficient (Wildman–Crippen LogP) is 3.23. The molecule has 2 N–H and O–H groups in total. The van der Waals surface area contributed by atoms with E-state index in [-0.39, 0.29) is 24.6 Å². The maximum absolute atomic E-state index is 13.3. The molecule has 1 aromatic rings. The number of benzene rings is 1. The lowest BCUT2D eigenvalue weighted by Gasteiger charge is -2.25. The lowest BCUT2D eigenvalue weighted by Crippen LogP contribution is -2.44. The summed E-state index contributed by atoms with van der Waals surface area (Å²) in [5, 5.41) is 11.9. The number of nitrogens with zero attached hydrogens (tertiary/aromatic N) is 1. The maximum Gasteiger partial charge on any atom is 0.397 e. The highest BCUT2D eigenvalue weighted by atomic mass is 19.4. The second-order valence-electron chi connectivity index (χ2n) is 7.12. The number of hydrogen-bond acceptors (Lipinski definition) is 2. The number of carboxylic acid groups (broad SMARTS) is 1. The van der Waals surface area contributed by atoms with Crippen molar-refractivity contribution < 1.29 is 27.9 Å². The van der Waals surface area contributed by atoms with E-state index in [1.165, 1.54) is 29.2 Å². The smallest absolute Gasteiger partial charge is 0.397 e. The van der Waals surface area contributed by atoms with Gasteiger partial charge in [0.05, 0.1) is 11.3 Å². The van der Waals surface area contributed by atoms with Crippen molar-refractivity contribution >= 4 is 12.0 Å². The van der Waals surface area contributed by atoms with Crippen LogP contribution in [0.3, 0.4) is 0 Å². The van der Waals surface area contributed by atoms with Crippen molar-refractivity contribution in [2.24, 2.45) is 11.3 Å². The molecule has 0 radical (unpaired) electrons. The molecule has 3 rings (SSSR count). The molecular formula is C18H21F3N2O3. The predicted molar refractivity (Wildman–Crippen MR) is 87.6 cm³/mol. The summed E-state index contributed by atoms with van der Waals surface area (Å²) in [6.07, 6.45) is -2.45. The molecule has 1 unspecified atom stereocenters. The first kappa shape index (κ1) is 18.5. The van der Waals surface area contributed by atoms with E-state index in [1.807, 2.05) is 0 Å². The molecule has 142 valence electrons. The number of nitrogens with one attached hydrogen (secondary N) is 1. The number of urea groups is 1. The second kappa shape index (κ2) is 6.81.